The number of hydrogen-bond donors (Lipinski definition) is 3. The SMILES string of the molecule is O=C(CN1CCCC(O)C1)NC(=O)NC1CCCCC1. The second-order valence-electron chi connectivity index (χ2n) is 5.89. The van der Waals surface area contributed by atoms with E-state index < -0.39 is 0 Å². The molecule has 1 aliphatic carbocycles. The molecule has 1 saturated carbocycles. The first-order valence-corrected chi connectivity index (χ1v) is 7.64. The van der Waals surface area contributed by atoms with Crippen LogP contribution in [-0.2, 0) is 4.79 Å². The normalized spacial score (nSPS) is 25.1. The van der Waals surface area contributed by atoms with Crippen molar-refractivity contribution in [1.82, 2.24) is 15.5 Å². The summed E-state index contributed by atoms with van der Waals surface area (Å²) in [6.07, 6.45) is 6.85. The summed E-state index contributed by atoms with van der Waals surface area (Å²) in [5.41, 5.74) is 0. The van der Waals surface area contributed by atoms with E-state index in [1.807, 2.05) is 4.90 Å². The minimum Gasteiger partial charge on any atom is -0.392 e. The van der Waals surface area contributed by atoms with Crippen LogP contribution in [0.1, 0.15) is 44.9 Å². The number of nitrogens with zero attached hydrogens (tertiary/aromatic N) is 1. The molecule has 1 unspecified atom stereocenters. The minimum atomic E-state index is -0.389. The van der Waals surface area contributed by atoms with E-state index in [1.165, 1.54) is 6.42 Å². The second-order valence-corrected chi connectivity index (χ2v) is 5.89. The smallest absolute Gasteiger partial charge is 0.321 e. The molecule has 0 spiro atoms. The molecular weight excluding hydrogens is 258 g/mol. The van der Waals surface area contributed by atoms with Crippen molar-refractivity contribution in [1.29, 1.82) is 0 Å². The minimum absolute atomic E-state index is 0.176. The summed E-state index contributed by atoms with van der Waals surface area (Å²) in [6, 6.07) is -0.187. The van der Waals surface area contributed by atoms with Crippen molar-refractivity contribution < 1.29 is 14.7 Å². The monoisotopic (exact) mass is 283 g/mol. The Kier molecular flexibility index (Phi) is 5.79. The van der Waals surface area contributed by atoms with Crippen molar-refractivity contribution in [2.24, 2.45) is 0 Å². The van der Waals surface area contributed by atoms with Crippen LogP contribution in [0.5, 0.6) is 0 Å². The van der Waals surface area contributed by atoms with E-state index in [1.54, 1.807) is 0 Å². The average Bonchev–Trinajstić information content (AvgIpc) is 2.39. The molecule has 6 heteroatoms. The highest BCUT2D eigenvalue weighted by Crippen LogP contribution is 2.17. The molecule has 6 nitrogen and oxygen atoms in total. The average molecular weight is 283 g/mol. The Morgan fingerprint density at radius 1 is 1.10 bits per heavy atom. The molecular formula is C14H25N3O3. The van der Waals surface area contributed by atoms with Crippen molar-refractivity contribution in [3.8, 4) is 0 Å². The molecule has 1 atom stereocenters. The Bertz CT molecular complexity index is 343. The van der Waals surface area contributed by atoms with Gasteiger partial charge in [-0.05, 0) is 32.2 Å². The highest BCUT2D eigenvalue weighted by Gasteiger charge is 2.21. The van der Waals surface area contributed by atoms with Gasteiger partial charge in [0.2, 0.25) is 5.91 Å². The van der Waals surface area contributed by atoms with Gasteiger partial charge in [-0.2, -0.15) is 0 Å². The predicted molar refractivity (Wildman–Crippen MR) is 75.2 cm³/mol. The van der Waals surface area contributed by atoms with E-state index in [4.69, 9.17) is 0 Å². The van der Waals surface area contributed by atoms with Gasteiger partial charge in [0.1, 0.15) is 0 Å². The number of piperidine rings is 1. The number of β-amino-alcohol motifs (C(OH)–C–C–N with tert-alkyl or cyclic N) is 1. The Hall–Kier alpha value is -1.14. The number of aliphatic hydroxyl groups is 1. The van der Waals surface area contributed by atoms with E-state index in [-0.39, 0.29) is 30.6 Å². The van der Waals surface area contributed by atoms with Crippen LogP contribution in [0, 0.1) is 0 Å². The van der Waals surface area contributed by atoms with Crippen LogP contribution in [0.2, 0.25) is 0 Å². The zero-order valence-corrected chi connectivity index (χ0v) is 11.9. The van der Waals surface area contributed by atoms with E-state index in [0.717, 1.165) is 45.1 Å². The molecule has 1 aliphatic heterocycles. The number of likely N-dealkylation sites (tertiary alicyclic amines) is 1. The Labute approximate surface area is 119 Å². The molecule has 1 saturated heterocycles. The molecule has 0 aromatic carbocycles. The van der Waals surface area contributed by atoms with Crippen LogP contribution in [-0.4, -0.2) is 53.7 Å². The lowest BCUT2D eigenvalue weighted by Crippen LogP contribution is -2.49. The molecule has 0 radical (unpaired) electrons. The van der Waals surface area contributed by atoms with Crippen LogP contribution < -0.4 is 10.6 Å². The maximum Gasteiger partial charge on any atom is 0.321 e. The largest absolute Gasteiger partial charge is 0.392 e. The highest BCUT2D eigenvalue weighted by atomic mass is 16.3. The van der Waals surface area contributed by atoms with Crippen LogP contribution in [0.15, 0.2) is 0 Å². The molecule has 1 heterocycles. The topological polar surface area (TPSA) is 81.7 Å². The van der Waals surface area contributed by atoms with Gasteiger partial charge in [0.15, 0.2) is 0 Å². The molecule has 114 valence electrons. The van der Waals surface area contributed by atoms with Crippen molar-refractivity contribution in [3.63, 3.8) is 0 Å². The molecule has 0 bridgehead atoms. The fourth-order valence-electron chi connectivity index (χ4n) is 3.01. The molecule has 0 aromatic heterocycles. The summed E-state index contributed by atoms with van der Waals surface area (Å²) in [5.74, 6) is -0.299. The molecule has 20 heavy (non-hydrogen) atoms. The number of aliphatic hydroxyl groups excluding tert-OH is 1. The summed E-state index contributed by atoms with van der Waals surface area (Å²) in [4.78, 5) is 25.4. The van der Waals surface area contributed by atoms with Gasteiger partial charge in [0.25, 0.3) is 0 Å². The standard InChI is InChI=1S/C14H25N3O3/c18-12-7-4-8-17(9-12)10-13(19)16-14(20)15-11-5-2-1-3-6-11/h11-12,18H,1-10H2,(H2,15,16,19,20). The Morgan fingerprint density at radius 2 is 1.85 bits per heavy atom. The van der Waals surface area contributed by atoms with Crippen molar-refractivity contribution >= 4 is 11.9 Å². The predicted octanol–water partition coefficient (Wildman–Crippen LogP) is 0.602. The molecule has 2 fully saturated rings. The fourth-order valence-corrected chi connectivity index (χ4v) is 3.01. The lowest BCUT2D eigenvalue weighted by atomic mass is 9.96. The van der Waals surface area contributed by atoms with Crippen LogP contribution >= 0.6 is 0 Å². The van der Waals surface area contributed by atoms with Gasteiger partial charge in [-0.25, -0.2) is 4.79 Å². The van der Waals surface area contributed by atoms with Crippen LogP contribution in [0.25, 0.3) is 0 Å². The van der Waals surface area contributed by atoms with Crippen LogP contribution in [0.4, 0.5) is 4.79 Å². The molecule has 3 amide bonds. The van der Waals surface area contributed by atoms with Crippen LogP contribution in [0.3, 0.4) is 0 Å². The first-order chi connectivity index (χ1) is 9.63. The molecule has 2 rings (SSSR count). The fraction of sp³-hybridized carbons (Fsp3) is 0.857. The zero-order valence-electron chi connectivity index (χ0n) is 11.9. The summed E-state index contributed by atoms with van der Waals surface area (Å²) in [6.45, 7) is 1.49. The number of carbonyl (C=O) groups is 2. The Balaban J connectivity index is 1.66. The third-order valence-corrected chi connectivity index (χ3v) is 4.04. The number of hydrogen-bond acceptors (Lipinski definition) is 4. The van der Waals surface area contributed by atoms with E-state index in [0.29, 0.717) is 6.54 Å². The second kappa shape index (κ2) is 7.59. The quantitative estimate of drug-likeness (QED) is 0.708. The maximum absolute atomic E-state index is 11.8. The maximum atomic E-state index is 11.8. The van der Waals surface area contributed by atoms with Gasteiger partial charge in [0.05, 0.1) is 12.6 Å². The van der Waals surface area contributed by atoms with Gasteiger partial charge in [0, 0.05) is 12.6 Å². The molecule has 3 N–H and O–H groups in total. The number of carbonyl (C=O) groups excluding carboxylic acids is 2. The number of urea groups is 1. The van der Waals surface area contributed by atoms with E-state index in [9.17, 15) is 14.7 Å². The molecule has 2 aliphatic rings. The number of imide groups is 1. The zero-order chi connectivity index (χ0) is 14.4. The van der Waals surface area contributed by atoms with Gasteiger partial charge in [-0.3, -0.25) is 15.0 Å². The van der Waals surface area contributed by atoms with Crippen molar-refractivity contribution in [3.05, 3.63) is 0 Å². The van der Waals surface area contributed by atoms with Gasteiger partial charge in [-0.1, -0.05) is 19.3 Å². The Morgan fingerprint density at radius 3 is 2.55 bits per heavy atom. The van der Waals surface area contributed by atoms with Crippen molar-refractivity contribution in [2.75, 3.05) is 19.6 Å². The third-order valence-electron chi connectivity index (χ3n) is 4.04. The summed E-state index contributed by atoms with van der Waals surface area (Å²) in [7, 11) is 0. The molecule has 0 aromatic rings. The lowest BCUT2D eigenvalue weighted by Gasteiger charge is -2.29. The van der Waals surface area contributed by atoms with Crippen molar-refractivity contribution in [2.45, 2.75) is 57.1 Å². The first kappa shape index (κ1) is 15.3. The van der Waals surface area contributed by atoms with E-state index >= 15 is 0 Å². The number of nitrogens with one attached hydrogen (secondary N) is 2. The summed E-state index contributed by atoms with van der Waals surface area (Å²) >= 11 is 0. The number of amides is 3. The van der Waals surface area contributed by atoms with Gasteiger partial charge >= 0.3 is 6.03 Å². The third kappa shape index (κ3) is 5.09. The van der Waals surface area contributed by atoms with Gasteiger partial charge in [-0.15, -0.1) is 0 Å². The van der Waals surface area contributed by atoms with E-state index in [2.05, 4.69) is 10.6 Å². The summed E-state index contributed by atoms with van der Waals surface area (Å²) < 4.78 is 0. The first-order valence-electron chi connectivity index (χ1n) is 7.64. The van der Waals surface area contributed by atoms with Gasteiger partial charge < -0.3 is 10.4 Å². The summed E-state index contributed by atoms with van der Waals surface area (Å²) in [5, 5.41) is 14.8. The highest BCUT2D eigenvalue weighted by molar-refractivity contribution is 5.95. The number of rotatable bonds is 3. The lowest BCUT2D eigenvalue weighted by molar-refractivity contribution is -0.121.